The van der Waals surface area contributed by atoms with Gasteiger partial charge in [0.1, 0.15) is 6.20 Å². The van der Waals surface area contributed by atoms with Gasteiger partial charge < -0.3 is 5.21 Å². The standard InChI is InChI=1S/C8H6F3N3O/c1-13-4-12-6-2-5(8(9,10)11)3-14(15)7(6)13/h2-4H,1H3. The topological polar surface area (TPSA) is 44.8 Å². The van der Waals surface area contributed by atoms with Crippen molar-refractivity contribution < 1.29 is 17.9 Å². The molecular weight excluding hydrogens is 211 g/mol. The smallest absolute Gasteiger partial charge is 0.419 e. The van der Waals surface area contributed by atoms with Gasteiger partial charge in [-0.25, -0.2) is 14.3 Å². The number of hydrogen-bond donors (Lipinski definition) is 0. The van der Waals surface area contributed by atoms with Crippen molar-refractivity contribution in [2.75, 3.05) is 0 Å². The number of fused-ring (bicyclic) bond motifs is 1. The monoisotopic (exact) mass is 217 g/mol. The summed E-state index contributed by atoms with van der Waals surface area (Å²) in [6.07, 6.45) is -2.74. The molecule has 2 aromatic heterocycles. The Labute approximate surface area is 82.2 Å². The summed E-state index contributed by atoms with van der Waals surface area (Å²) < 4.78 is 38.5. The number of aryl methyl sites for hydroxylation is 1. The maximum Gasteiger partial charge on any atom is 0.419 e. The zero-order valence-corrected chi connectivity index (χ0v) is 7.62. The number of pyridine rings is 1. The molecule has 4 nitrogen and oxygen atoms in total. The molecule has 0 unspecified atom stereocenters. The molecule has 0 aliphatic carbocycles. The molecule has 2 heterocycles. The van der Waals surface area contributed by atoms with Crippen LogP contribution in [0.5, 0.6) is 0 Å². The Morgan fingerprint density at radius 3 is 2.73 bits per heavy atom. The fourth-order valence-corrected chi connectivity index (χ4v) is 1.34. The van der Waals surface area contributed by atoms with Crippen molar-refractivity contribution in [3.63, 3.8) is 0 Å². The van der Waals surface area contributed by atoms with Gasteiger partial charge in [-0.1, -0.05) is 0 Å². The van der Waals surface area contributed by atoms with Crippen molar-refractivity contribution in [2.24, 2.45) is 7.05 Å². The molecule has 0 spiro atoms. The first-order chi connectivity index (χ1) is 6.89. The van der Waals surface area contributed by atoms with Crippen molar-refractivity contribution in [1.82, 2.24) is 9.55 Å². The molecule has 0 fully saturated rings. The quantitative estimate of drug-likeness (QED) is 0.492. The normalized spacial score (nSPS) is 12.3. The summed E-state index contributed by atoms with van der Waals surface area (Å²) in [6.45, 7) is 0. The van der Waals surface area contributed by atoms with Crippen LogP contribution in [-0.2, 0) is 13.2 Å². The van der Waals surface area contributed by atoms with Crippen LogP contribution in [0.15, 0.2) is 18.6 Å². The van der Waals surface area contributed by atoms with Crippen LogP contribution in [-0.4, -0.2) is 9.55 Å². The second-order valence-electron chi connectivity index (χ2n) is 3.12. The fourth-order valence-electron chi connectivity index (χ4n) is 1.34. The Morgan fingerprint density at radius 1 is 1.47 bits per heavy atom. The van der Waals surface area contributed by atoms with E-state index in [1.54, 1.807) is 0 Å². The van der Waals surface area contributed by atoms with Crippen LogP contribution in [0.3, 0.4) is 0 Å². The van der Waals surface area contributed by atoms with Crippen molar-refractivity contribution in [3.05, 3.63) is 29.4 Å². The highest BCUT2D eigenvalue weighted by Crippen LogP contribution is 2.29. The van der Waals surface area contributed by atoms with E-state index < -0.39 is 11.7 Å². The van der Waals surface area contributed by atoms with E-state index in [4.69, 9.17) is 0 Å². The van der Waals surface area contributed by atoms with Crippen LogP contribution in [0.1, 0.15) is 5.56 Å². The lowest BCUT2D eigenvalue weighted by atomic mass is 10.2. The first-order valence-corrected chi connectivity index (χ1v) is 4.01. The number of aromatic nitrogens is 3. The highest BCUT2D eigenvalue weighted by atomic mass is 19.4. The van der Waals surface area contributed by atoms with Crippen molar-refractivity contribution >= 4 is 11.2 Å². The van der Waals surface area contributed by atoms with Crippen LogP contribution in [0, 0.1) is 5.21 Å². The maximum atomic E-state index is 12.3. The van der Waals surface area contributed by atoms with Crippen LogP contribution < -0.4 is 4.73 Å². The number of rotatable bonds is 0. The number of imidazole rings is 1. The minimum Gasteiger partial charge on any atom is -0.711 e. The summed E-state index contributed by atoms with van der Waals surface area (Å²) in [5.74, 6) is 0. The lowest BCUT2D eigenvalue weighted by Gasteiger charge is -2.09. The SMILES string of the molecule is Cn1cnc2cc(C(F)(F)F)c[n+]([O-])c21. The Balaban J connectivity index is 2.74. The van der Waals surface area contributed by atoms with Gasteiger partial charge in [-0.15, -0.1) is 0 Å². The van der Waals surface area contributed by atoms with Gasteiger partial charge in [-0.3, -0.25) is 0 Å². The predicted octanol–water partition coefficient (Wildman–Crippen LogP) is 1.23. The summed E-state index contributed by atoms with van der Waals surface area (Å²) in [5, 5.41) is 11.3. The second-order valence-corrected chi connectivity index (χ2v) is 3.12. The first kappa shape index (κ1) is 9.75. The van der Waals surface area contributed by atoms with Gasteiger partial charge in [0.15, 0.2) is 11.8 Å². The Hall–Kier alpha value is -1.79. The third-order valence-corrected chi connectivity index (χ3v) is 2.02. The predicted molar refractivity (Wildman–Crippen MR) is 44.7 cm³/mol. The van der Waals surface area contributed by atoms with E-state index in [-0.39, 0.29) is 15.9 Å². The average Bonchev–Trinajstić information content (AvgIpc) is 2.46. The first-order valence-electron chi connectivity index (χ1n) is 4.01. The Kier molecular flexibility index (Phi) is 1.85. The van der Waals surface area contributed by atoms with Crippen LogP contribution in [0.25, 0.3) is 11.2 Å². The van der Waals surface area contributed by atoms with E-state index in [0.29, 0.717) is 6.20 Å². The third kappa shape index (κ3) is 1.49. The van der Waals surface area contributed by atoms with E-state index in [1.165, 1.54) is 17.9 Å². The highest BCUT2D eigenvalue weighted by molar-refractivity contribution is 5.68. The molecule has 0 aromatic carbocycles. The Bertz CT molecular complexity index is 518. The lowest BCUT2D eigenvalue weighted by molar-refractivity contribution is -0.581. The lowest BCUT2D eigenvalue weighted by Crippen LogP contribution is -2.30. The molecule has 0 atom stereocenters. The summed E-state index contributed by atoms with van der Waals surface area (Å²) in [6, 6.07) is 0.851. The second kappa shape index (κ2) is 2.85. The van der Waals surface area contributed by atoms with Gasteiger partial charge in [0.2, 0.25) is 0 Å². The molecule has 80 valence electrons. The third-order valence-electron chi connectivity index (χ3n) is 2.02. The molecule has 0 saturated carbocycles. The number of nitrogens with zero attached hydrogens (tertiary/aromatic N) is 3. The fraction of sp³-hybridized carbons (Fsp3) is 0.250. The molecule has 0 amide bonds. The van der Waals surface area contributed by atoms with Crippen molar-refractivity contribution in [1.29, 1.82) is 0 Å². The summed E-state index contributed by atoms with van der Waals surface area (Å²) >= 11 is 0. The number of alkyl halides is 3. The summed E-state index contributed by atoms with van der Waals surface area (Å²) in [7, 11) is 1.54. The summed E-state index contributed by atoms with van der Waals surface area (Å²) in [4.78, 5) is 3.70. The van der Waals surface area contributed by atoms with Gasteiger partial charge in [0.25, 0.3) is 0 Å². The molecule has 2 rings (SSSR count). The molecule has 2 aromatic rings. The molecule has 0 aliphatic heterocycles. The van der Waals surface area contributed by atoms with Gasteiger partial charge in [0.05, 0.1) is 12.6 Å². The van der Waals surface area contributed by atoms with Crippen molar-refractivity contribution in [3.8, 4) is 0 Å². The molecule has 15 heavy (non-hydrogen) atoms. The maximum absolute atomic E-state index is 12.3. The molecule has 0 radical (unpaired) electrons. The van der Waals surface area contributed by atoms with Crippen LogP contribution in [0.4, 0.5) is 13.2 Å². The van der Waals surface area contributed by atoms with Gasteiger partial charge in [-0.2, -0.15) is 13.2 Å². The minimum atomic E-state index is -4.53. The zero-order chi connectivity index (χ0) is 11.2. The molecule has 0 aliphatic rings. The van der Waals surface area contributed by atoms with Gasteiger partial charge in [0, 0.05) is 0 Å². The zero-order valence-electron chi connectivity index (χ0n) is 7.62. The van der Waals surface area contributed by atoms with Crippen molar-refractivity contribution in [2.45, 2.75) is 6.18 Å². The molecule has 0 bridgehead atoms. The van der Waals surface area contributed by atoms with E-state index in [2.05, 4.69) is 4.98 Å². The number of hydrogen-bond acceptors (Lipinski definition) is 2. The van der Waals surface area contributed by atoms with E-state index in [9.17, 15) is 18.4 Å². The number of halogens is 3. The summed E-state index contributed by atoms with van der Waals surface area (Å²) in [5.41, 5.74) is -0.867. The minimum absolute atomic E-state index is 0.0299. The molecular formula is C8H6F3N3O. The average molecular weight is 217 g/mol. The van der Waals surface area contributed by atoms with Gasteiger partial charge in [-0.05, 0) is 6.07 Å². The highest BCUT2D eigenvalue weighted by Gasteiger charge is 2.33. The van der Waals surface area contributed by atoms with Gasteiger partial charge >= 0.3 is 11.8 Å². The Morgan fingerprint density at radius 2 is 2.13 bits per heavy atom. The van der Waals surface area contributed by atoms with E-state index >= 15 is 0 Å². The molecule has 0 saturated heterocycles. The molecule has 7 heteroatoms. The largest absolute Gasteiger partial charge is 0.711 e. The molecule has 0 N–H and O–H groups in total. The van der Waals surface area contributed by atoms with Crippen LogP contribution in [0.2, 0.25) is 0 Å². The van der Waals surface area contributed by atoms with E-state index in [1.807, 2.05) is 0 Å². The van der Waals surface area contributed by atoms with E-state index in [0.717, 1.165) is 6.07 Å². The van der Waals surface area contributed by atoms with Crippen LogP contribution >= 0.6 is 0 Å².